The molecule has 0 saturated carbocycles. The molecule has 0 saturated heterocycles. The van der Waals surface area contributed by atoms with Gasteiger partial charge in [-0.05, 0) is 110 Å². The molecule has 3 heterocycles. The van der Waals surface area contributed by atoms with Crippen LogP contribution in [0, 0.1) is 0 Å². The Labute approximate surface area is 321 Å². The van der Waals surface area contributed by atoms with Gasteiger partial charge in [-0.2, -0.15) is 0 Å². The zero-order chi connectivity index (χ0) is 36.0. The molecule has 1 aliphatic rings. The molecular formula is C51H32N2OS. The third kappa shape index (κ3) is 4.71. The third-order valence-corrected chi connectivity index (χ3v) is 12.7. The Morgan fingerprint density at radius 1 is 0.473 bits per heavy atom. The van der Waals surface area contributed by atoms with Gasteiger partial charge in [0.25, 0.3) is 0 Å². The lowest BCUT2D eigenvalue weighted by atomic mass is 9.92. The number of para-hydroxylation sites is 2. The van der Waals surface area contributed by atoms with Gasteiger partial charge in [-0.3, -0.25) is 0 Å². The van der Waals surface area contributed by atoms with Crippen molar-refractivity contribution in [2.45, 2.75) is 10.3 Å². The van der Waals surface area contributed by atoms with Crippen LogP contribution in [0.2, 0.25) is 0 Å². The van der Waals surface area contributed by atoms with E-state index in [1.807, 2.05) is 11.8 Å². The molecule has 0 aliphatic carbocycles. The summed E-state index contributed by atoms with van der Waals surface area (Å²) >= 11 is 1.87. The van der Waals surface area contributed by atoms with Crippen molar-refractivity contribution < 1.29 is 4.42 Å². The molecule has 3 nitrogen and oxygen atoms in total. The van der Waals surface area contributed by atoms with Crippen molar-refractivity contribution in [2.24, 2.45) is 0 Å². The summed E-state index contributed by atoms with van der Waals surface area (Å²) < 4.78 is 8.83. The number of anilines is 1. The highest BCUT2D eigenvalue weighted by molar-refractivity contribution is 8.00. The normalized spacial score (nSPS) is 14.1. The molecule has 55 heavy (non-hydrogen) atoms. The molecule has 0 bridgehead atoms. The largest absolute Gasteiger partial charge is 0.456 e. The van der Waals surface area contributed by atoms with Gasteiger partial charge < -0.3 is 14.3 Å². The molecule has 11 aromatic rings. The highest BCUT2D eigenvalue weighted by Gasteiger charge is 2.27. The van der Waals surface area contributed by atoms with Crippen LogP contribution >= 0.6 is 11.8 Å². The van der Waals surface area contributed by atoms with E-state index < -0.39 is 0 Å². The maximum Gasteiger partial charge on any atom is 0.137 e. The van der Waals surface area contributed by atoms with E-state index in [2.05, 4.69) is 192 Å². The number of furan rings is 1. The molecule has 1 unspecified atom stereocenters. The summed E-state index contributed by atoms with van der Waals surface area (Å²) in [7, 11) is 0. The molecule has 1 aliphatic heterocycles. The average molecular weight is 721 g/mol. The van der Waals surface area contributed by atoms with Crippen LogP contribution in [0.1, 0.15) is 10.9 Å². The van der Waals surface area contributed by atoms with Gasteiger partial charge in [0.1, 0.15) is 16.5 Å². The molecule has 258 valence electrons. The second kappa shape index (κ2) is 11.9. The minimum atomic E-state index is 0.0959. The predicted octanol–water partition coefficient (Wildman–Crippen LogP) is 14.5. The summed E-state index contributed by atoms with van der Waals surface area (Å²) in [6, 6.07) is 66.0. The molecule has 2 aromatic heterocycles. The molecule has 0 amide bonds. The van der Waals surface area contributed by atoms with Crippen molar-refractivity contribution in [1.82, 2.24) is 4.57 Å². The quantitative estimate of drug-likeness (QED) is 0.184. The molecule has 0 fully saturated rings. The van der Waals surface area contributed by atoms with E-state index in [1.54, 1.807) is 0 Å². The van der Waals surface area contributed by atoms with Crippen LogP contribution in [0.15, 0.2) is 191 Å². The molecule has 12 rings (SSSR count). The average Bonchev–Trinajstić information content (AvgIpc) is 3.95. The van der Waals surface area contributed by atoms with Gasteiger partial charge in [-0.15, -0.1) is 0 Å². The minimum absolute atomic E-state index is 0.0959. The minimum Gasteiger partial charge on any atom is -0.456 e. The molecule has 0 radical (unpaired) electrons. The molecule has 9 aromatic carbocycles. The third-order valence-electron chi connectivity index (χ3n) is 11.4. The lowest BCUT2D eigenvalue weighted by Gasteiger charge is -2.13. The van der Waals surface area contributed by atoms with Crippen LogP contribution in [0.5, 0.6) is 0 Å². The number of nitrogens with one attached hydrogen (secondary N) is 1. The number of thioether (sulfide) groups is 1. The van der Waals surface area contributed by atoms with Crippen LogP contribution in [0.25, 0.3) is 93.2 Å². The standard InChI is InChI=1S/C51H32N2OS/c1-2-11-36(12-3-1)53-44-17-9-8-16-40(44)42-28-33(22-24-45(42)53)31-18-20-32(21-19-31)51-52-50-48(55-51)27-26-47-49(50)43-30-35(23-25-46(43)54-47)41-29-34-10-4-5-13-37(34)38-14-6-7-15-39(38)41/h1-30,51-52H. The number of hydrogen-bond donors (Lipinski definition) is 1. The second-order valence-electron chi connectivity index (χ2n) is 14.5. The maximum atomic E-state index is 6.47. The predicted molar refractivity (Wildman–Crippen MR) is 233 cm³/mol. The van der Waals surface area contributed by atoms with Crippen LogP contribution in [-0.2, 0) is 0 Å². The first-order valence-corrected chi connectivity index (χ1v) is 19.7. The van der Waals surface area contributed by atoms with Crippen LogP contribution in [-0.4, -0.2) is 4.57 Å². The molecular weight excluding hydrogens is 689 g/mol. The summed E-state index contributed by atoms with van der Waals surface area (Å²) in [6.07, 6.45) is 0. The Morgan fingerprint density at radius 3 is 2.02 bits per heavy atom. The van der Waals surface area contributed by atoms with E-state index in [0.717, 1.165) is 27.6 Å². The van der Waals surface area contributed by atoms with Crippen molar-refractivity contribution >= 4 is 82.7 Å². The Balaban J connectivity index is 0.898. The molecule has 1 N–H and O–H groups in total. The van der Waals surface area contributed by atoms with E-state index in [1.165, 1.54) is 81.8 Å². The fourth-order valence-electron chi connectivity index (χ4n) is 8.85. The highest BCUT2D eigenvalue weighted by Crippen LogP contribution is 2.52. The monoisotopic (exact) mass is 720 g/mol. The Bertz CT molecular complexity index is 3320. The number of nitrogens with zero attached hydrogens (tertiary/aromatic N) is 1. The summed E-state index contributed by atoms with van der Waals surface area (Å²) in [5.74, 6) is 0. The fraction of sp³-hybridized carbons (Fsp3) is 0.0196. The van der Waals surface area contributed by atoms with Gasteiger partial charge in [0.05, 0.1) is 22.1 Å². The number of rotatable bonds is 4. The first-order chi connectivity index (χ1) is 27.2. The smallest absolute Gasteiger partial charge is 0.137 e. The van der Waals surface area contributed by atoms with E-state index in [-0.39, 0.29) is 5.37 Å². The number of fused-ring (bicyclic) bond motifs is 11. The Kier molecular flexibility index (Phi) is 6.63. The van der Waals surface area contributed by atoms with E-state index in [4.69, 9.17) is 4.42 Å². The zero-order valence-corrected chi connectivity index (χ0v) is 30.5. The van der Waals surface area contributed by atoms with Crippen molar-refractivity contribution in [2.75, 3.05) is 5.32 Å². The van der Waals surface area contributed by atoms with Gasteiger partial charge in [-0.1, -0.05) is 133 Å². The fourth-order valence-corrected chi connectivity index (χ4v) is 10.00. The van der Waals surface area contributed by atoms with Crippen molar-refractivity contribution in [3.05, 3.63) is 188 Å². The SMILES string of the molecule is c1ccc(-n2c3ccccc3c3cc(-c4ccc(C5Nc6c(ccc7oc8ccc(-c9cc%10ccccc%10c%10ccccc9%10)cc8c67)S5)cc4)ccc32)cc1. The van der Waals surface area contributed by atoms with E-state index in [0.29, 0.717) is 0 Å². The maximum absolute atomic E-state index is 6.47. The zero-order valence-electron chi connectivity index (χ0n) is 29.7. The molecule has 1 atom stereocenters. The number of hydrogen-bond acceptors (Lipinski definition) is 3. The van der Waals surface area contributed by atoms with Gasteiger partial charge in [-0.25, -0.2) is 0 Å². The Morgan fingerprint density at radius 2 is 1.15 bits per heavy atom. The molecule has 0 spiro atoms. The van der Waals surface area contributed by atoms with Gasteiger partial charge in [0.2, 0.25) is 0 Å². The van der Waals surface area contributed by atoms with Gasteiger partial charge >= 0.3 is 0 Å². The topological polar surface area (TPSA) is 30.1 Å². The van der Waals surface area contributed by atoms with E-state index in [9.17, 15) is 0 Å². The summed E-state index contributed by atoms with van der Waals surface area (Å²) in [4.78, 5) is 1.24. The number of benzene rings is 9. The second-order valence-corrected chi connectivity index (χ2v) is 15.6. The summed E-state index contributed by atoms with van der Waals surface area (Å²) in [6.45, 7) is 0. The van der Waals surface area contributed by atoms with Gasteiger partial charge in [0, 0.05) is 26.7 Å². The lowest BCUT2D eigenvalue weighted by Crippen LogP contribution is -2.01. The van der Waals surface area contributed by atoms with Crippen LogP contribution in [0.3, 0.4) is 0 Å². The van der Waals surface area contributed by atoms with E-state index >= 15 is 0 Å². The summed E-state index contributed by atoms with van der Waals surface area (Å²) in [5, 5.41) is 13.9. The summed E-state index contributed by atoms with van der Waals surface area (Å²) in [5.41, 5.74) is 12.7. The first kappa shape index (κ1) is 30.7. The van der Waals surface area contributed by atoms with Gasteiger partial charge in [0.15, 0.2) is 0 Å². The van der Waals surface area contributed by atoms with Crippen molar-refractivity contribution in [3.63, 3.8) is 0 Å². The molecule has 4 heteroatoms. The van der Waals surface area contributed by atoms with Crippen molar-refractivity contribution in [1.29, 1.82) is 0 Å². The number of aromatic nitrogens is 1. The lowest BCUT2D eigenvalue weighted by molar-refractivity contribution is 0.669. The Hall–Kier alpha value is -6.75. The van der Waals surface area contributed by atoms with Crippen LogP contribution in [0.4, 0.5) is 5.69 Å². The highest BCUT2D eigenvalue weighted by atomic mass is 32.2. The first-order valence-electron chi connectivity index (χ1n) is 18.8. The van der Waals surface area contributed by atoms with Crippen LogP contribution < -0.4 is 5.32 Å². The van der Waals surface area contributed by atoms with Crippen molar-refractivity contribution in [3.8, 4) is 27.9 Å².